The zero-order chi connectivity index (χ0) is 18.4. The summed E-state index contributed by atoms with van der Waals surface area (Å²) >= 11 is 5.96. The first-order valence-electron chi connectivity index (χ1n) is 6.97. The molecule has 1 aromatic heterocycles. The summed E-state index contributed by atoms with van der Waals surface area (Å²) in [4.78, 5) is 7.33. The van der Waals surface area contributed by atoms with E-state index in [0.717, 1.165) is 12.4 Å². The Morgan fingerprint density at radius 3 is 2.32 bits per heavy atom. The summed E-state index contributed by atoms with van der Waals surface area (Å²) in [7, 11) is 0. The number of rotatable bonds is 8. The minimum Gasteiger partial charge on any atom is -0.432 e. The molecule has 4 nitrogen and oxygen atoms in total. The quantitative estimate of drug-likeness (QED) is 0.620. The fourth-order valence-electron chi connectivity index (χ4n) is 1.87. The molecule has 0 aliphatic carbocycles. The Bertz CT molecular complexity index is 690. The van der Waals surface area contributed by atoms with E-state index in [9.17, 15) is 22.0 Å². The molecule has 0 aliphatic heterocycles. The van der Waals surface area contributed by atoms with Crippen LogP contribution in [-0.4, -0.2) is 35.6 Å². The fraction of sp³-hybridized carbons (Fsp3) is 0.333. The molecule has 0 spiro atoms. The van der Waals surface area contributed by atoms with Crippen molar-refractivity contribution in [3.8, 4) is 17.5 Å². The maximum atomic E-state index is 13.7. The van der Waals surface area contributed by atoms with Crippen molar-refractivity contribution in [1.29, 1.82) is 0 Å². The van der Waals surface area contributed by atoms with Gasteiger partial charge in [0, 0.05) is 17.0 Å². The Morgan fingerprint density at radius 1 is 1.04 bits per heavy atom. The van der Waals surface area contributed by atoms with E-state index >= 15 is 0 Å². The summed E-state index contributed by atoms with van der Waals surface area (Å²) < 4.78 is 72.6. The largest absolute Gasteiger partial charge is 0.432 e. The van der Waals surface area contributed by atoms with E-state index in [1.54, 1.807) is 0 Å². The second-order valence-electron chi connectivity index (χ2n) is 4.79. The molecule has 136 valence electrons. The van der Waals surface area contributed by atoms with Crippen LogP contribution in [0, 0.1) is 0 Å². The van der Waals surface area contributed by atoms with Crippen molar-refractivity contribution in [2.45, 2.75) is 25.4 Å². The van der Waals surface area contributed by atoms with Gasteiger partial charge in [-0.05, 0) is 12.1 Å². The van der Waals surface area contributed by atoms with Crippen LogP contribution in [0.4, 0.5) is 22.0 Å². The van der Waals surface area contributed by atoms with Crippen molar-refractivity contribution in [2.75, 3.05) is 6.67 Å². The van der Waals surface area contributed by atoms with Gasteiger partial charge in [0.2, 0.25) is 0 Å². The number of nitrogens with zero attached hydrogens (tertiary/aromatic N) is 2. The highest BCUT2D eigenvalue weighted by Crippen LogP contribution is 2.31. The SMILES string of the molecule is FCC(F)C(F)Cc1c(Cl)cccc1Oc1ncc(OC(F)F)cn1. The summed E-state index contributed by atoms with van der Waals surface area (Å²) in [6.07, 6.45) is -3.01. The lowest BCUT2D eigenvalue weighted by Crippen LogP contribution is -2.22. The normalized spacial score (nSPS) is 13.6. The highest BCUT2D eigenvalue weighted by molar-refractivity contribution is 6.31. The Kier molecular flexibility index (Phi) is 6.74. The molecule has 0 amide bonds. The van der Waals surface area contributed by atoms with E-state index in [1.165, 1.54) is 18.2 Å². The molecule has 0 radical (unpaired) electrons. The number of benzene rings is 1. The summed E-state index contributed by atoms with van der Waals surface area (Å²) in [5, 5.41) is 0.0869. The Balaban J connectivity index is 2.17. The van der Waals surface area contributed by atoms with Gasteiger partial charge in [-0.3, -0.25) is 0 Å². The van der Waals surface area contributed by atoms with Crippen LogP contribution in [0.1, 0.15) is 5.56 Å². The van der Waals surface area contributed by atoms with Crippen LogP contribution in [0.3, 0.4) is 0 Å². The standard InChI is InChI=1S/C15H12ClF5N2O2/c16-10-2-1-3-13(9(10)4-11(18)12(19)5-17)25-15-22-6-8(7-23-15)24-14(20)21/h1-3,6-7,11-12,14H,4-5H2. The van der Waals surface area contributed by atoms with Gasteiger partial charge in [0.05, 0.1) is 12.4 Å². The molecule has 0 bridgehead atoms. The van der Waals surface area contributed by atoms with Crippen LogP contribution < -0.4 is 9.47 Å². The predicted molar refractivity (Wildman–Crippen MR) is 79.7 cm³/mol. The number of aromatic nitrogens is 2. The molecule has 0 aliphatic rings. The molecule has 1 heterocycles. The highest BCUT2D eigenvalue weighted by atomic mass is 35.5. The van der Waals surface area contributed by atoms with Gasteiger partial charge in [-0.2, -0.15) is 18.7 Å². The van der Waals surface area contributed by atoms with Crippen LogP contribution >= 0.6 is 11.6 Å². The molecule has 2 aromatic rings. The number of halogens is 6. The molecule has 25 heavy (non-hydrogen) atoms. The molecule has 2 unspecified atom stereocenters. The maximum absolute atomic E-state index is 13.7. The monoisotopic (exact) mass is 382 g/mol. The first-order chi connectivity index (χ1) is 11.9. The Morgan fingerprint density at radius 2 is 1.72 bits per heavy atom. The second kappa shape index (κ2) is 8.80. The minimum atomic E-state index is -3.03. The summed E-state index contributed by atoms with van der Waals surface area (Å²) in [5.74, 6) is -0.246. The van der Waals surface area contributed by atoms with E-state index in [1.807, 2.05) is 0 Å². The zero-order valence-corrected chi connectivity index (χ0v) is 13.3. The molecule has 0 N–H and O–H groups in total. The smallest absolute Gasteiger partial charge is 0.387 e. The van der Waals surface area contributed by atoms with Gasteiger partial charge in [-0.1, -0.05) is 17.7 Å². The van der Waals surface area contributed by atoms with Crippen molar-refractivity contribution in [3.63, 3.8) is 0 Å². The summed E-state index contributed by atoms with van der Waals surface area (Å²) in [6.45, 7) is -4.49. The van der Waals surface area contributed by atoms with Crippen LogP contribution in [0.5, 0.6) is 17.5 Å². The lowest BCUT2D eigenvalue weighted by atomic mass is 10.0. The molecule has 1 aromatic carbocycles. The van der Waals surface area contributed by atoms with Crippen LogP contribution in [-0.2, 0) is 6.42 Å². The van der Waals surface area contributed by atoms with Crippen molar-refractivity contribution < 1.29 is 31.4 Å². The summed E-state index contributed by atoms with van der Waals surface area (Å²) in [5.41, 5.74) is 0.101. The van der Waals surface area contributed by atoms with Gasteiger partial charge in [0.25, 0.3) is 0 Å². The lowest BCUT2D eigenvalue weighted by Gasteiger charge is -2.15. The third kappa shape index (κ3) is 5.42. The van der Waals surface area contributed by atoms with Crippen LogP contribution in [0.15, 0.2) is 30.6 Å². The molecule has 10 heteroatoms. The highest BCUT2D eigenvalue weighted by Gasteiger charge is 2.24. The number of ether oxygens (including phenoxy) is 2. The number of hydrogen-bond acceptors (Lipinski definition) is 4. The second-order valence-corrected chi connectivity index (χ2v) is 5.20. The first kappa shape index (κ1) is 19.2. The van der Waals surface area contributed by atoms with Crippen molar-refractivity contribution >= 4 is 11.6 Å². The van der Waals surface area contributed by atoms with Crippen LogP contribution in [0.2, 0.25) is 5.02 Å². The van der Waals surface area contributed by atoms with Gasteiger partial charge in [-0.25, -0.2) is 13.2 Å². The average molecular weight is 383 g/mol. The molecule has 0 saturated carbocycles. The predicted octanol–water partition coefficient (Wildman–Crippen LogP) is 4.71. The fourth-order valence-corrected chi connectivity index (χ4v) is 2.11. The number of alkyl halides is 5. The third-order valence-electron chi connectivity index (χ3n) is 3.05. The zero-order valence-electron chi connectivity index (χ0n) is 12.5. The first-order valence-corrected chi connectivity index (χ1v) is 7.34. The molecular weight excluding hydrogens is 371 g/mol. The van der Waals surface area contributed by atoms with E-state index in [4.69, 9.17) is 16.3 Å². The Hall–Kier alpha value is -2.16. The minimum absolute atomic E-state index is 0.0312. The van der Waals surface area contributed by atoms with Gasteiger partial charge < -0.3 is 9.47 Å². The van der Waals surface area contributed by atoms with Crippen LogP contribution in [0.25, 0.3) is 0 Å². The number of hydrogen-bond donors (Lipinski definition) is 0. The van der Waals surface area contributed by atoms with E-state index in [2.05, 4.69) is 14.7 Å². The topological polar surface area (TPSA) is 44.2 Å². The molecular formula is C15H12ClF5N2O2. The van der Waals surface area contributed by atoms with E-state index in [0.29, 0.717) is 0 Å². The Labute approximate surface area is 144 Å². The maximum Gasteiger partial charge on any atom is 0.387 e. The van der Waals surface area contributed by atoms with Crippen molar-refractivity contribution in [3.05, 3.63) is 41.2 Å². The van der Waals surface area contributed by atoms with Crippen molar-refractivity contribution in [1.82, 2.24) is 9.97 Å². The third-order valence-corrected chi connectivity index (χ3v) is 3.40. The van der Waals surface area contributed by atoms with Gasteiger partial charge in [0.1, 0.15) is 18.6 Å². The van der Waals surface area contributed by atoms with Gasteiger partial charge in [0.15, 0.2) is 11.9 Å². The van der Waals surface area contributed by atoms with Gasteiger partial charge in [-0.15, -0.1) is 0 Å². The molecule has 0 fully saturated rings. The van der Waals surface area contributed by atoms with E-state index < -0.39 is 32.1 Å². The molecule has 2 rings (SSSR count). The molecule has 2 atom stereocenters. The van der Waals surface area contributed by atoms with E-state index in [-0.39, 0.29) is 28.1 Å². The van der Waals surface area contributed by atoms with Crippen molar-refractivity contribution in [2.24, 2.45) is 0 Å². The summed E-state index contributed by atoms with van der Waals surface area (Å²) in [6, 6.07) is 4.08. The molecule has 0 saturated heterocycles. The van der Waals surface area contributed by atoms with Gasteiger partial charge >= 0.3 is 12.6 Å². The average Bonchev–Trinajstić information content (AvgIpc) is 2.58. The lowest BCUT2D eigenvalue weighted by molar-refractivity contribution is -0.0503.